The molecule has 1 aromatic heterocycles. The summed E-state index contributed by atoms with van der Waals surface area (Å²) in [6, 6.07) is 18.1. The molecule has 0 aliphatic heterocycles. The summed E-state index contributed by atoms with van der Waals surface area (Å²) in [7, 11) is 0. The van der Waals surface area contributed by atoms with Crippen LogP contribution in [0.5, 0.6) is 0 Å². The molecule has 0 aliphatic carbocycles. The number of hydrogen-bond acceptors (Lipinski definition) is 5. The lowest BCUT2D eigenvalue weighted by Crippen LogP contribution is -2.14. The van der Waals surface area contributed by atoms with Crippen molar-refractivity contribution < 1.29 is 14.5 Å². The molecule has 3 aromatic rings. The van der Waals surface area contributed by atoms with E-state index in [1.54, 1.807) is 24.4 Å². The second-order valence-corrected chi connectivity index (χ2v) is 5.78. The van der Waals surface area contributed by atoms with Crippen molar-refractivity contribution in [3.63, 3.8) is 0 Å². The number of benzene rings is 2. The van der Waals surface area contributed by atoms with E-state index in [1.807, 2.05) is 30.3 Å². The molecule has 0 aliphatic rings. The predicted octanol–water partition coefficient (Wildman–Crippen LogP) is 4.59. The van der Waals surface area contributed by atoms with Crippen LogP contribution < -0.4 is 0 Å². The lowest BCUT2D eigenvalue weighted by molar-refractivity contribution is -0.384. The number of nitro benzene ring substituents is 1. The number of aromatic nitrogens is 1. The van der Waals surface area contributed by atoms with Crippen molar-refractivity contribution in [2.75, 3.05) is 0 Å². The smallest absolute Gasteiger partial charge is 0.340 e. The van der Waals surface area contributed by atoms with Crippen LogP contribution in [0.2, 0.25) is 5.02 Å². The summed E-state index contributed by atoms with van der Waals surface area (Å²) in [6.07, 6.45) is 0.883. The molecule has 6 nitrogen and oxygen atoms in total. The van der Waals surface area contributed by atoms with Crippen LogP contribution in [0.1, 0.15) is 27.7 Å². The number of hydrogen-bond donors (Lipinski definition) is 0. The first-order chi connectivity index (χ1) is 12.6. The maximum atomic E-state index is 12.6. The Hall–Kier alpha value is -3.25. The molecule has 0 saturated heterocycles. The maximum absolute atomic E-state index is 12.6. The van der Waals surface area contributed by atoms with Crippen molar-refractivity contribution >= 4 is 23.3 Å². The number of carbonyl (C=O) groups excluding carboxylic acids is 1. The summed E-state index contributed by atoms with van der Waals surface area (Å²) < 4.78 is 5.63. The van der Waals surface area contributed by atoms with Gasteiger partial charge in [0.05, 0.1) is 21.2 Å². The van der Waals surface area contributed by atoms with E-state index < -0.39 is 17.0 Å². The van der Waals surface area contributed by atoms with Crippen LogP contribution in [0.25, 0.3) is 0 Å². The molecule has 7 heteroatoms. The van der Waals surface area contributed by atoms with Gasteiger partial charge in [-0.1, -0.05) is 48.0 Å². The Morgan fingerprint density at radius 2 is 1.81 bits per heavy atom. The first kappa shape index (κ1) is 17.6. The van der Waals surface area contributed by atoms with Crippen LogP contribution in [0, 0.1) is 10.1 Å². The molecule has 0 saturated carbocycles. The predicted molar refractivity (Wildman–Crippen MR) is 96.0 cm³/mol. The zero-order valence-corrected chi connectivity index (χ0v) is 14.2. The number of esters is 1. The minimum atomic E-state index is -0.726. The molecule has 130 valence electrons. The zero-order valence-electron chi connectivity index (χ0n) is 13.4. The Kier molecular flexibility index (Phi) is 5.24. The average Bonchev–Trinajstić information content (AvgIpc) is 2.67. The van der Waals surface area contributed by atoms with Gasteiger partial charge in [-0.25, -0.2) is 4.79 Å². The Balaban J connectivity index is 1.92. The quantitative estimate of drug-likeness (QED) is 0.373. The SMILES string of the molecule is O=C(O[C@@H](c1ccccc1)c1ccccn1)c1ccc([N+](=O)[O-])cc1Cl. The highest BCUT2D eigenvalue weighted by Gasteiger charge is 2.23. The summed E-state index contributed by atoms with van der Waals surface area (Å²) in [6.45, 7) is 0. The van der Waals surface area contributed by atoms with Gasteiger partial charge in [-0.2, -0.15) is 0 Å². The molecular weight excluding hydrogens is 356 g/mol. The van der Waals surface area contributed by atoms with Crippen molar-refractivity contribution in [2.45, 2.75) is 6.10 Å². The molecular formula is C19H13ClN2O4. The molecule has 2 aromatic carbocycles. The zero-order chi connectivity index (χ0) is 18.5. The van der Waals surface area contributed by atoms with Crippen molar-refractivity contribution in [1.82, 2.24) is 4.98 Å². The van der Waals surface area contributed by atoms with Crippen molar-refractivity contribution in [3.8, 4) is 0 Å². The first-order valence-electron chi connectivity index (χ1n) is 7.67. The van der Waals surface area contributed by atoms with E-state index in [0.29, 0.717) is 5.69 Å². The summed E-state index contributed by atoms with van der Waals surface area (Å²) in [5.74, 6) is -0.690. The monoisotopic (exact) mass is 368 g/mol. The lowest BCUT2D eigenvalue weighted by atomic mass is 10.1. The third-order valence-electron chi connectivity index (χ3n) is 3.67. The first-order valence-corrected chi connectivity index (χ1v) is 8.05. The van der Waals surface area contributed by atoms with Gasteiger partial charge < -0.3 is 4.74 Å². The second kappa shape index (κ2) is 7.76. The third-order valence-corrected chi connectivity index (χ3v) is 3.98. The van der Waals surface area contributed by atoms with Crippen LogP contribution in [-0.2, 0) is 4.74 Å². The fraction of sp³-hybridized carbons (Fsp3) is 0.0526. The second-order valence-electron chi connectivity index (χ2n) is 5.37. The number of rotatable bonds is 5. The number of ether oxygens (including phenoxy) is 1. The average molecular weight is 369 g/mol. The normalized spacial score (nSPS) is 11.6. The van der Waals surface area contributed by atoms with E-state index in [1.165, 1.54) is 12.1 Å². The minimum Gasteiger partial charge on any atom is -0.447 e. The molecule has 0 radical (unpaired) electrons. The largest absolute Gasteiger partial charge is 0.447 e. The van der Waals surface area contributed by atoms with E-state index in [0.717, 1.165) is 11.6 Å². The number of non-ortho nitro benzene ring substituents is 1. The van der Waals surface area contributed by atoms with Crippen molar-refractivity contribution in [2.24, 2.45) is 0 Å². The van der Waals surface area contributed by atoms with Crippen molar-refractivity contribution in [3.05, 3.63) is 105 Å². The van der Waals surface area contributed by atoms with E-state index in [2.05, 4.69) is 4.98 Å². The topological polar surface area (TPSA) is 82.3 Å². The molecule has 26 heavy (non-hydrogen) atoms. The van der Waals surface area contributed by atoms with Gasteiger partial charge in [0.1, 0.15) is 0 Å². The van der Waals surface area contributed by atoms with Gasteiger partial charge in [0.25, 0.3) is 5.69 Å². The Morgan fingerprint density at radius 1 is 1.08 bits per heavy atom. The molecule has 1 atom stereocenters. The molecule has 0 unspecified atom stereocenters. The van der Waals surface area contributed by atoms with E-state index in [4.69, 9.17) is 16.3 Å². The summed E-state index contributed by atoms with van der Waals surface area (Å²) in [5, 5.41) is 10.8. The fourth-order valence-corrected chi connectivity index (χ4v) is 2.66. The molecule has 1 heterocycles. The Bertz CT molecular complexity index is 893. The van der Waals surface area contributed by atoms with Gasteiger partial charge in [-0.05, 0) is 23.8 Å². The van der Waals surface area contributed by atoms with Gasteiger partial charge >= 0.3 is 5.97 Å². The lowest BCUT2D eigenvalue weighted by Gasteiger charge is -2.18. The van der Waals surface area contributed by atoms with Crippen LogP contribution in [0.3, 0.4) is 0 Å². The van der Waals surface area contributed by atoms with Crippen molar-refractivity contribution in [1.29, 1.82) is 0 Å². The van der Waals surface area contributed by atoms with Gasteiger partial charge in [0.15, 0.2) is 6.10 Å². The summed E-state index contributed by atoms with van der Waals surface area (Å²) in [4.78, 5) is 27.1. The summed E-state index contributed by atoms with van der Waals surface area (Å²) >= 11 is 6.02. The Morgan fingerprint density at radius 3 is 2.42 bits per heavy atom. The maximum Gasteiger partial charge on any atom is 0.340 e. The van der Waals surface area contributed by atoms with Crippen LogP contribution >= 0.6 is 11.6 Å². The standard InChI is InChI=1S/C19H13ClN2O4/c20-16-12-14(22(24)25)9-10-15(16)19(23)26-18(13-6-2-1-3-7-13)17-8-4-5-11-21-17/h1-12,18H/t18-/m0/s1. The number of nitro groups is 1. The highest BCUT2D eigenvalue weighted by molar-refractivity contribution is 6.33. The van der Waals surface area contributed by atoms with Crippen LogP contribution in [-0.4, -0.2) is 15.9 Å². The Labute approximate surface area is 154 Å². The third kappa shape index (κ3) is 3.87. The van der Waals surface area contributed by atoms with Crippen LogP contribution in [0.15, 0.2) is 72.9 Å². The molecule has 0 bridgehead atoms. The number of pyridine rings is 1. The number of nitrogens with zero attached hydrogens (tertiary/aromatic N) is 2. The number of carbonyl (C=O) groups is 1. The highest BCUT2D eigenvalue weighted by Crippen LogP contribution is 2.28. The molecule has 3 rings (SSSR count). The van der Waals surface area contributed by atoms with E-state index in [9.17, 15) is 14.9 Å². The number of halogens is 1. The minimum absolute atomic E-state index is 0.0444. The van der Waals surface area contributed by atoms with Gasteiger partial charge in [-0.3, -0.25) is 15.1 Å². The van der Waals surface area contributed by atoms with Gasteiger partial charge in [-0.15, -0.1) is 0 Å². The van der Waals surface area contributed by atoms with Crippen LogP contribution in [0.4, 0.5) is 5.69 Å². The molecule has 0 N–H and O–H groups in total. The van der Waals surface area contributed by atoms with E-state index >= 15 is 0 Å². The van der Waals surface area contributed by atoms with E-state index in [-0.39, 0.29) is 16.3 Å². The highest BCUT2D eigenvalue weighted by atomic mass is 35.5. The fourth-order valence-electron chi connectivity index (χ4n) is 2.41. The molecule has 0 fully saturated rings. The summed E-state index contributed by atoms with van der Waals surface area (Å²) in [5.41, 5.74) is 1.16. The molecule has 0 amide bonds. The van der Waals surface area contributed by atoms with Gasteiger partial charge in [0.2, 0.25) is 0 Å². The molecule has 0 spiro atoms. The van der Waals surface area contributed by atoms with Gasteiger partial charge in [0, 0.05) is 18.3 Å².